The van der Waals surface area contributed by atoms with Gasteiger partial charge in [-0.15, -0.1) is 0 Å². The van der Waals surface area contributed by atoms with Crippen LogP contribution in [0, 0.1) is 0 Å². The molecular weight excluding hydrogens is 312 g/mol. The van der Waals surface area contributed by atoms with Gasteiger partial charge in [0.15, 0.2) is 11.3 Å². The van der Waals surface area contributed by atoms with Crippen LogP contribution in [-0.4, -0.2) is 4.98 Å². The van der Waals surface area contributed by atoms with Crippen molar-refractivity contribution in [1.82, 2.24) is 4.98 Å². The van der Waals surface area contributed by atoms with Gasteiger partial charge in [-0.25, -0.2) is 4.98 Å². The Hall–Kier alpha value is -2.75. The Morgan fingerprint density at radius 2 is 1.68 bits per heavy atom. The standard InChI is InChI=1S/C21H22N2O2/c1-12(2)14-5-7-18-16(9-14)22-20(24-18)11-21-23-17-10-15(13(3)4)6-8-19(17)25-21/h5-13,22H,1-4H3/b20-11+. The van der Waals surface area contributed by atoms with E-state index in [1.54, 1.807) is 6.08 Å². The summed E-state index contributed by atoms with van der Waals surface area (Å²) >= 11 is 0. The second-order valence-electron chi connectivity index (χ2n) is 7.08. The quantitative estimate of drug-likeness (QED) is 0.650. The molecule has 1 aliphatic rings. The lowest BCUT2D eigenvalue weighted by Gasteiger charge is -2.05. The molecule has 3 aromatic rings. The van der Waals surface area contributed by atoms with Gasteiger partial charge in [0.05, 0.1) is 11.8 Å². The molecule has 0 radical (unpaired) electrons. The molecule has 0 spiro atoms. The number of nitrogens with zero attached hydrogens (tertiary/aromatic N) is 1. The van der Waals surface area contributed by atoms with Gasteiger partial charge in [0, 0.05) is 0 Å². The fourth-order valence-electron chi connectivity index (χ4n) is 2.93. The summed E-state index contributed by atoms with van der Waals surface area (Å²) in [4.78, 5) is 4.56. The van der Waals surface area contributed by atoms with E-state index in [4.69, 9.17) is 9.15 Å². The summed E-state index contributed by atoms with van der Waals surface area (Å²) in [5.74, 6) is 2.94. The van der Waals surface area contributed by atoms with E-state index in [0.717, 1.165) is 22.5 Å². The number of hydrogen-bond donors (Lipinski definition) is 1. The van der Waals surface area contributed by atoms with Crippen LogP contribution in [0.4, 0.5) is 5.69 Å². The topological polar surface area (TPSA) is 47.3 Å². The van der Waals surface area contributed by atoms with Gasteiger partial charge in [-0.3, -0.25) is 0 Å². The van der Waals surface area contributed by atoms with Crippen molar-refractivity contribution < 1.29 is 9.15 Å². The number of nitrogens with one attached hydrogen (secondary N) is 1. The van der Waals surface area contributed by atoms with Crippen molar-refractivity contribution in [3.63, 3.8) is 0 Å². The second kappa shape index (κ2) is 5.96. The van der Waals surface area contributed by atoms with E-state index in [-0.39, 0.29) is 0 Å². The largest absolute Gasteiger partial charge is 0.439 e. The molecule has 0 aliphatic carbocycles. The third-order valence-corrected chi connectivity index (χ3v) is 4.50. The van der Waals surface area contributed by atoms with Crippen LogP contribution in [0.1, 0.15) is 56.5 Å². The Kier molecular flexibility index (Phi) is 3.75. The van der Waals surface area contributed by atoms with Gasteiger partial charge in [-0.2, -0.15) is 0 Å². The van der Waals surface area contributed by atoms with Gasteiger partial charge in [0.25, 0.3) is 0 Å². The number of hydrogen-bond acceptors (Lipinski definition) is 4. The number of oxazole rings is 1. The van der Waals surface area contributed by atoms with Crippen molar-refractivity contribution in [2.24, 2.45) is 0 Å². The van der Waals surface area contributed by atoms with E-state index in [0.29, 0.717) is 23.6 Å². The van der Waals surface area contributed by atoms with Gasteiger partial charge < -0.3 is 14.5 Å². The van der Waals surface area contributed by atoms with Crippen LogP contribution < -0.4 is 10.1 Å². The van der Waals surface area contributed by atoms with Crippen molar-refractivity contribution in [2.45, 2.75) is 39.5 Å². The molecule has 0 saturated carbocycles. The summed E-state index contributed by atoms with van der Waals surface area (Å²) < 4.78 is 11.7. The van der Waals surface area contributed by atoms with Gasteiger partial charge in [0.2, 0.25) is 11.8 Å². The van der Waals surface area contributed by atoms with Crippen LogP contribution in [-0.2, 0) is 0 Å². The minimum Gasteiger partial charge on any atom is -0.439 e. The molecule has 1 aliphatic heterocycles. The molecule has 1 aromatic heterocycles. The fourth-order valence-corrected chi connectivity index (χ4v) is 2.93. The van der Waals surface area contributed by atoms with Crippen LogP contribution in [0.5, 0.6) is 5.75 Å². The summed E-state index contributed by atoms with van der Waals surface area (Å²) in [6.07, 6.45) is 1.80. The summed E-state index contributed by atoms with van der Waals surface area (Å²) in [7, 11) is 0. The van der Waals surface area contributed by atoms with Crippen LogP contribution in [0.25, 0.3) is 17.2 Å². The number of anilines is 1. The minimum absolute atomic E-state index is 0.465. The number of aromatic nitrogens is 1. The molecule has 4 rings (SSSR count). The first-order valence-corrected chi connectivity index (χ1v) is 8.70. The molecule has 0 fully saturated rings. The molecule has 4 nitrogen and oxygen atoms in total. The lowest BCUT2D eigenvalue weighted by Crippen LogP contribution is -1.96. The molecule has 0 amide bonds. The lowest BCUT2D eigenvalue weighted by molar-refractivity contribution is 0.459. The summed E-state index contributed by atoms with van der Waals surface area (Å²) in [6, 6.07) is 12.4. The molecule has 2 aromatic carbocycles. The average molecular weight is 334 g/mol. The first kappa shape index (κ1) is 15.8. The van der Waals surface area contributed by atoms with Gasteiger partial charge in [-0.1, -0.05) is 39.8 Å². The molecule has 0 saturated heterocycles. The van der Waals surface area contributed by atoms with E-state index in [9.17, 15) is 0 Å². The van der Waals surface area contributed by atoms with E-state index >= 15 is 0 Å². The van der Waals surface area contributed by atoms with Crippen LogP contribution in [0.3, 0.4) is 0 Å². The predicted molar refractivity (Wildman–Crippen MR) is 101 cm³/mol. The van der Waals surface area contributed by atoms with Crippen LogP contribution in [0.2, 0.25) is 0 Å². The number of benzene rings is 2. The van der Waals surface area contributed by atoms with Crippen molar-refractivity contribution in [1.29, 1.82) is 0 Å². The van der Waals surface area contributed by atoms with Gasteiger partial charge >= 0.3 is 0 Å². The Balaban J connectivity index is 1.62. The zero-order valence-electron chi connectivity index (χ0n) is 15.0. The molecule has 1 N–H and O–H groups in total. The molecule has 0 unspecified atom stereocenters. The Bertz CT molecular complexity index is 967. The van der Waals surface area contributed by atoms with E-state index in [1.807, 2.05) is 12.1 Å². The van der Waals surface area contributed by atoms with Gasteiger partial charge in [0.1, 0.15) is 5.52 Å². The first-order chi connectivity index (χ1) is 12.0. The predicted octanol–water partition coefficient (Wildman–Crippen LogP) is 5.88. The maximum absolute atomic E-state index is 5.85. The summed E-state index contributed by atoms with van der Waals surface area (Å²) in [5.41, 5.74) is 5.17. The highest BCUT2D eigenvalue weighted by Gasteiger charge is 2.18. The number of fused-ring (bicyclic) bond motifs is 2. The SMILES string of the molecule is CC(C)c1ccc2c(c1)N/C(=C\c1nc3cc(C(C)C)ccc3o1)O2. The molecule has 4 heteroatoms. The van der Waals surface area contributed by atoms with Crippen molar-refractivity contribution >= 4 is 22.9 Å². The smallest absolute Gasteiger partial charge is 0.225 e. The third kappa shape index (κ3) is 3.00. The van der Waals surface area contributed by atoms with Crippen molar-refractivity contribution in [2.75, 3.05) is 5.32 Å². The van der Waals surface area contributed by atoms with Crippen LogP contribution in [0.15, 0.2) is 46.7 Å². The normalized spacial score (nSPS) is 15.0. The monoisotopic (exact) mass is 334 g/mol. The van der Waals surface area contributed by atoms with E-state index in [2.05, 4.69) is 62.3 Å². The third-order valence-electron chi connectivity index (χ3n) is 4.50. The van der Waals surface area contributed by atoms with Crippen LogP contribution >= 0.6 is 0 Å². The Morgan fingerprint density at radius 3 is 2.44 bits per heavy atom. The molecule has 0 atom stereocenters. The number of ether oxygens (including phenoxy) is 1. The highest BCUT2D eigenvalue weighted by Crippen LogP contribution is 2.36. The van der Waals surface area contributed by atoms with E-state index in [1.165, 1.54) is 11.1 Å². The summed E-state index contributed by atoms with van der Waals surface area (Å²) in [6.45, 7) is 8.70. The number of rotatable bonds is 3. The molecular formula is C21H22N2O2. The van der Waals surface area contributed by atoms with Crippen molar-refractivity contribution in [3.05, 3.63) is 59.3 Å². The maximum atomic E-state index is 5.85. The minimum atomic E-state index is 0.465. The highest BCUT2D eigenvalue weighted by molar-refractivity contribution is 5.76. The molecule has 0 bridgehead atoms. The fraction of sp³-hybridized carbons (Fsp3) is 0.286. The first-order valence-electron chi connectivity index (χ1n) is 8.70. The van der Waals surface area contributed by atoms with E-state index < -0.39 is 0 Å². The molecule has 25 heavy (non-hydrogen) atoms. The maximum Gasteiger partial charge on any atom is 0.225 e. The molecule has 2 heterocycles. The average Bonchev–Trinajstić information content (AvgIpc) is 3.15. The molecule has 128 valence electrons. The lowest BCUT2D eigenvalue weighted by atomic mass is 10.0. The van der Waals surface area contributed by atoms with Gasteiger partial charge in [-0.05, 0) is 47.2 Å². The Morgan fingerprint density at radius 1 is 0.960 bits per heavy atom. The Labute approximate surface area is 147 Å². The second-order valence-corrected chi connectivity index (χ2v) is 7.08. The highest BCUT2D eigenvalue weighted by atomic mass is 16.5. The zero-order chi connectivity index (χ0) is 17.6. The summed E-state index contributed by atoms with van der Waals surface area (Å²) in [5, 5.41) is 3.29. The zero-order valence-corrected chi connectivity index (χ0v) is 15.0. The van der Waals surface area contributed by atoms with Crippen molar-refractivity contribution in [3.8, 4) is 5.75 Å².